The Bertz CT molecular complexity index is 574. The topological polar surface area (TPSA) is 35.2 Å². The van der Waals surface area contributed by atoms with E-state index >= 15 is 0 Å². The molecule has 2 aromatic rings. The third-order valence-corrected chi connectivity index (χ3v) is 3.17. The summed E-state index contributed by atoms with van der Waals surface area (Å²) >= 11 is 5.95. The highest BCUT2D eigenvalue weighted by Gasteiger charge is 2.12. The average Bonchev–Trinajstić information content (AvgIpc) is 2.41. The molecule has 0 aliphatic rings. The summed E-state index contributed by atoms with van der Waals surface area (Å²) in [7, 11) is 0. The molecule has 2 nitrogen and oxygen atoms in total. The third-order valence-electron chi connectivity index (χ3n) is 2.87. The van der Waals surface area contributed by atoms with E-state index in [4.69, 9.17) is 22.1 Å². The lowest BCUT2D eigenvalue weighted by atomic mass is 10.0. The minimum atomic E-state index is -0.393. The van der Waals surface area contributed by atoms with E-state index in [0.717, 1.165) is 12.0 Å². The van der Waals surface area contributed by atoms with Crippen molar-refractivity contribution in [2.24, 2.45) is 5.73 Å². The molecule has 0 heterocycles. The number of hydrogen-bond donors (Lipinski definition) is 1. The zero-order valence-electron chi connectivity index (χ0n) is 10.6. The summed E-state index contributed by atoms with van der Waals surface area (Å²) in [5.74, 6) is 0.667. The first-order valence-electron chi connectivity index (χ1n) is 6.09. The van der Waals surface area contributed by atoms with Gasteiger partial charge in [-0.2, -0.15) is 0 Å². The second-order valence-corrected chi connectivity index (χ2v) is 4.64. The lowest BCUT2D eigenvalue weighted by Gasteiger charge is -2.16. The van der Waals surface area contributed by atoms with Crippen LogP contribution in [-0.2, 0) is 0 Å². The molecule has 0 amide bonds. The van der Waals surface area contributed by atoms with Gasteiger partial charge in [0.25, 0.3) is 0 Å². The molecule has 2 rings (SSSR count). The normalized spacial score (nSPS) is 12.2. The maximum atomic E-state index is 13.0. The summed E-state index contributed by atoms with van der Waals surface area (Å²) in [6, 6.07) is 11.4. The summed E-state index contributed by atoms with van der Waals surface area (Å²) in [4.78, 5) is 0. The molecule has 0 aliphatic heterocycles. The predicted octanol–water partition coefficient (Wildman–Crippen LogP) is 4.68. The van der Waals surface area contributed by atoms with E-state index in [0.29, 0.717) is 11.5 Å². The Labute approximate surface area is 117 Å². The second kappa shape index (κ2) is 6.04. The van der Waals surface area contributed by atoms with E-state index in [1.165, 1.54) is 18.2 Å². The van der Waals surface area contributed by atoms with Gasteiger partial charge in [0.1, 0.15) is 17.3 Å². The smallest absolute Gasteiger partial charge is 0.146 e. The molecule has 100 valence electrons. The maximum absolute atomic E-state index is 13.0. The van der Waals surface area contributed by atoms with Gasteiger partial charge in [0, 0.05) is 11.6 Å². The fourth-order valence-corrected chi connectivity index (χ4v) is 1.98. The fraction of sp³-hybridized carbons (Fsp3) is 0.200. The molecular weight excluding hydrogens is 265 g/mol. The van der Waals surface area contributed by atoms with Gasteiger partial charge in [-0.1, -0.05) is 36.7 Å². The van der Waals surface area contributed by atoms with Crippen LogP contribution in [0, 0.1) is 5.82 Å². The quantitative estimate of drug-likeness (QED) is 0.882. The summed E-state index contributed by atoms with van der Waals surface area (Å²) < 4.78 is 18.7. The molecule has 0 saturated carbocycles. The van der Waals surface area contributed by atoms with E-state index in [2.05, 4.69) is 0 Å². The molecule has 0 aliphatic carbocycles. The van der Waals surface area contributed by atoms with E-state index in [9.17, 15) is 4.39 Å². The molecule has 19 heavy (non-hydrogen) atoms. The third kappa shape index (κ3) is 3.25. The van der Waals surface area contributed by atoms with Gasteiger partial charge >= 0.3 is 0 Å². The standard InChI is InChI=1S/C15H15ClFNO/c1-2-13(18)11-5-3-4-6-14(11)19-15-8-7-10(17)9-12(15)16/h3-9,13H,2,18H2,1H3/t13-/m1/s1. The zero-order chi connectivity index (χ0) is 13.8. The van der Waals surface area contributed by atoms with Gasteiger partial charge in [0.15, 0.2) is 0 Å². The molecule has 0 fully saturated rings. The van der Waals surface area contributed by atoms with Crippen molar-refractivity contribution in [3.8, 4) is 11.5 Å². The first kappa shape index (κ1) is 13.8. The van der Waals surface area contributed by atoms with Gasteiger partial charge in [0.05, 0.1) is 5.02 Å². The van der Waals surface area contributed by atoms with E-state index in [1.54, 1.807) is 0 Å². The van der Waals surface area contributed by atoms with Crippen molar-refractivity contribution in [1.29, 1.82) is 0 Å². The van der Waals surface area contributed by atoms with Crippen molar-refractivity contribution in [2.75, 3.05) is 0 Å². The van der Waals surface area contributed by atoms with Crippen molar-refractivity contribution in [3.63, 3.8) is 0 Å². The summed E-state index contributed by atoms with van der Waals surface area (Å²) in [6.45, 7) is 2.01. The minimum absolute atomic E-state index is 0.101. The highest BCUT2D eigenvalue weighted by atomic mass is 35.5. The average molecular weight is 280 g/mol. The molecule has 0 bridgehead atoms. The molecule has 4 heteroatoms. The van der Waals surface area contributed by atoms with Crippen LogP contribution in [0.2, 0.25) is 5.02 Å². The number of halogens is 2. The zero-order valence-corrected chi connectivity index (χ0v) is 11.3. The summed E-state index contributed by atoms with van der Waals surface area (Å²) in [5.41, 5.74) is 6.95. The van der Waals surface area contributed by atoms with Gasteiger partial charge in [-0.25, -0.2) is 4.39 Å². The molecule has 0 radical (unpaired) electrons. The Morgan fingerprint density at radius 1 is 1.21 bits per heavy atom. The Morgan fingerprint density at radius 3 is 2.63 bits per heavy atom. The molecule has 0 unspecified atom stereocenters. The first-order chi connectivity index (χ1) is 9.11. The Kier molecular flexibility index (Phi) is 4.40. The molecule has 0 aromatic heterocycles. The molecular formula is C15H15ClFNO. The van der Waals surface area contributed by atoms with Gasteiger partial charge in [-0.15, -0.1) is 0 Å². The highest BCUT2D eigenvalue weighted by Crippen LogP contribution is 2.33. The summed E-state index contributed by atoms with van der Waals surface area (Å²) in [5, 5.41) is 0.236. The largest absolute Gasteiger partial charge is 0.455 e. The summed E-state index contributed by atoms with van der Waals surface area (Å²) in [6.07, 6.45) is 0.803. The van der Waals surface area contributed by atoms with E-state index in [1.807, 2.05) is 31.2 Å². The highest BCUT2D eigenvalue weighted by molar-refractivity contribution is 6.32. The molecule has 2 N–H and O–H groups in total. The van der Waals surface area contributed by atoms with Crippen molar-refractivity contribution < 1.29 is 9.13 Å². The first-order valence-corrected chi connectivity index (χ1v) is 6.47. The molecule has 2 aromatic carbocycles. The number of nitrogens with two attached hydrogens (primary N) is 1. The maximum Gasteiger partial charge on any atom is 0.146 e. The number of benzene rings is 2. The van der Waals surface area contributed by atoms with Crippen molar-refractivity contribution >= 4 is 11.6 Å². The molecule has 0 saturated heterocycles. The second-order valence-electron chi connectivity index (χ2n) is 4.23. The van der Waals surface area contributed by atoms with Gasteiger partial charge in [-0.3, -0.25) is 0 Å². The van der Waals surface area contributed by atoms with E-state index < -0.39 is 5.82 Å². The van der Waals surface area contributed by atoms with Gasteiger partial charge in [-0.05, 0) is 30.7 Å². The van der Waals surface area contributed by atoms with Gasteiger partial charge < -0.3 is 10.5 Å². The number of rotatable bonds is 4. The minimum Gasteiger partial charge on any atom is -0.455 e. The number of para-hydroxylation sites is 1. The van der Waals surface area contributed by atoms with Crippen LogP contribution in [0.4, 0.5) is 4.39 Å². The Hall–Kier alpha value is -1.58. The van der Waals surface area contributed by atoms with Crippen molar-refractivity contribution in [1.82, 2.24) is 0 Å². The number of hydrogen-bond acceptors (Lipinski definition) is 2. The van der Waals surface area contributed by atoms with Crippen LogP contribution in [0.3, 0.4) is 0 Å². The fourth-order valence-electron chi connectivity index (χ4n) is 1.78. The SMILES string of the molecule is CC[C@@H](N)c1ccccc1Oc1ccc(F)cc1Cl. The van der Waals surface area contributed by atoms with Crippen LogP contribution in [0.1, 0.15) is 24.9 Å². The van der Waals surface area contributed by atoms with Gasteiger partial charge in [0.2, 0.25) is 0 Å². The van der Waals surface area contributed by atoms with Crippen LogP contribution in [0.5, 0.6) is 11.5 Å². The van der Waals surface area contributed by atoms with Crippen LogP contribution >= 0.6 is 11.6 Å². The van der Waals surface area contributed by atoms with Crippen LogP contribution in [0.15, 0.2) is 42.5 Å². The van der Waals surface area contributed by atoms with Crippen LogP contribution < -0.4 is 10.5 Å². The number of ether oxygens (including phenoxy) is 1. The lowest BCUT2D eigenvalue weighted by molar-refractivity contribution is 0.467. The monoisotopic (exact) mass is 279 g/mol. The molecule has 0 spiro atoms. The Morgan fingerprint density at radius 2 is 1.95 bits per heavy atom. The van der Waals surface area contributed by atoms with E-state index in [-0.39, 0.29) is 11.1 Å². The predicted molar refractivity (Wildman–Crippen MR) is 75.1 cm³/mol. The molecule has 1 atom stereocenters. The van der Waals surface area contributed by atoms with Crippen molar-refractivity contribution in [2.45, 2.75) is 19.4 Å². The van der Waals surface area contributed by atoms with Crippen molar-refractivity contribution in [3.05, 3.63) is 58.9 Å². The van der Waals surface area contributed by atoms with Crippen LogP contribution in [0.25, 0.3) is 0 Å². The Balaban J connectivity index is 2.33. The van der Waals surface area contributed by atoms with Crippen LogP contribution in [-0.4, -0.2) is 0 Å². The lowest BCUT2D eigenvalue weighted by Crippen LogP contribution is -2.09.